The Morgan fingerprint density at radius 1 is 1.33 bits per heavy atom. The van der Waals surface area contributed by atoms with Gasteiger partial charge >= 0.3 is 0 Å². The zero-order chi connectivity index (χ0) is 8.72. The van der Waals surface area contributed by atoms with E-state index in [0.717, 1.165) is 11.1 Å². The van der Waals surface area contributed by atoms with Crippen LogP contribution in [0.4, 0.5) is 4.39 Å². The summed E-state index contributed by atoms with van der Waals surface area (Å²) in [5, 5.41) is 6.75. The van der Waals surface area contributed by atoms with Gasteiger partial charge in [-0.25, -0.2) is 0 Å². The lowest BCUT2D eigenvalue weighted by Gasteiger charge is -1.98. The van der Waals surface area contributed by atoms with Crippen molar-refractivity contribution in [3.8, 4) is 0 Å². The number of H-pyrrole nitrogens is 1. The highest BCUT2D eigenvalue weighted by Gasteiger charge is 2.07. The molecule has 3 heteroatoms. The van der Waals surface area contributed by atoms with Crippen molar-refractivity contribution in [2.45, 2.75) is 13.8 Å². The van der Waals surface area contributed by atoms with Gasteiger partial charge in [0.2, 0.25) is 5.95 Å². The summed E-state index contributed by atoms with van der Waals surface area (Å²) in [4.78, 5) is 0. The largest absolute Gasteiger partial charge is 0.252 e. The van der Waals surface area contributed by atoms with Crippen LogP contribution < -0.4 is 0 Å². The third-order valence-corrected chi connectivity index (χ3v) is 2.21. The number of rotatable bonds is 0. The minimum absolute atomic E-state index is 0.341. The third kappa shape index (κ3) is 0.826. The molecule has 0 saturated carbocycles. The highest BCUT2D eigenvalue weighted by atomic mass is 19.1. The maximum absolute atomic E-state index is 13.1. The van der Waals surface area contributed by atoms with Gasteiger partial charge in [-0.1, -0.05) is 6.07 Å². The predicted molar refractivity (Wildman–Crippen MR) is 45.5 cm³/mol. The number of aromatic nitrogens is 2. The van der Waals surface area contributed by atoms with E-state index in [1.165, 1.54) is 0 Å². The number of halogens is 1. The van der Waals surface area contributed by atoms with Crippen LogP contribution in [0.2, 0.25) is 0 Å². The Hall–Kier alpha value is -1.38. The van der Waals surface area contributed by atoms with Crippen molar-refractivity contribution in [1.29, 1.82) is 0 Å². The van der Waals surface area contributed by atoms with E-state index < -0.39 is 0 Å². The molecule has 1 aromatic heterocycles. The van der Waals surface area contributed by atoms with E-state index in [9.17, 15) is 4.39 Å². The molecule has 1 aromatic carbocycles. The minimum Gasteiger partial charge on any atom is -0.252 e. The number of nitrogens with one attached hydrogen (secondary N) is 1. The molecule has 0 aliphatic heterocycles. The van der Waals surface area contributed by atoms with Gasteiger partial charge in [0, 0.05) is 0 Å². The van der Waals surface area contributed by atoms with Crippen LogP contribution in [-0.4, -0.2) is 10.2 Å². The second-order valence-corrected chi connectivity index (χ2v) is 2.94. The standard InChI is InChI=1S/C9H9FN2/c1-5-3-4-7-8(6(5)2)9(10)12-11-7/h3-4H,1-2H3,(H,11,12). The first-order chi connectivity index (χ1) is 5.70. The molecule has 62 valence electrons. The Labute approximate surface area is 69.4 Å². The van der Waals surface area contributed by atoms with E-state index in [2.05, 4.69) is 10.2 Å². The van der Waals surface area contributed by atoms with Gasteiger partial charge in [0.05, 0.1) is 10.9 Å². The van der Waals surface area contributed by atoms with Crippen LogP contribution in [0.25, 0.3) is 10.9 Å². The molecule has 0 unspecified atom stereocenters. The fraction of sp³-hybridized carbons (Fsp3) is 0.222. The number of fused-ring (bicyclic) bond motifs is 1. The third-order valence-electron chi connectivity index (χ3n) is 2.21. The molecular formula is C9H9FN2. The number of benzene rings is 1. The highest BCUT2D eigenvalue weighted by Crippen LogP contribution is 2.21. The lowest BCUT2D eigenvalue weighted by Crippen LogP contribution is -1.82. The predicted octanol–water partition coefficient (Wildman–Crippen LogP) is 2.32. The van der Waals surface area contributed by atoms with Crippen LogP contribution in [-0.2, 0) is 0 Å². The van der Waals surface area contributed by atoms with E-state index in [0.29, 0.717) is 10.9 Å². The number of aromatic amines is 1. The Balaban J connectivity index is 2.96. The molecule has 0 fully saturated rings. The summed E-state index contributed by atoms with van der Waals surface area (Å²) >= 11 is 0. The first-order valence-corrected chi connectivity index (χ1v) is 3.80. The average Bonchev–Trinajstić information content (AvgIpc) is 2.41. The average molecular weight is 164 g/mol. The maximum atomic E-state index is 13.1. The Morgan fingerprint density at radius 2 is 2.08 bits per heavy atom. The lowest BCUT2D eigenvalue weighted by atomic mass is 10.1. The lowest BCUT2D eigenvalue weighted by molar-refractivity contribution is 0.587. The molecule has 0 spiro atoms. The number of nitrogens with zero attached hydrogens (tertiary/aromatic N) is 1. The summed E-state index contributed by atoms with van der Waals surface area (Å²) in [5.41, 5.74) is 2.73. The van der Waals surface area contributed by atoms with Crippen LogP contribution in [0.15, 0.2) is 12.1 Å². The van der Waals surface area contributed by atoms with E-state index in [1.54, 1.807) is 0 Å². The number of hydrogen-bond donors (Lipinski definition) is 1. The van der Waals surface area contributed by atoms with Gasteiger partial charge in [0.15, 0.2) is 0 Å². The normalized spacial score (nSPS) is 10.9. The molecule has 1 N–H and O–H groups in total. The van der Waals surface area contributed by atoms with Gasteiger partial charge < -0.3 is 0 Å². The number of hydrogen-bond acceptors (Lipinski definition) is 1. The van der Waals surface area contributed by atoms with Crippen LogP contribution in [0.5, 0.6) is 0 Å². The molecule has 2 nitrogen and oxygen atoms in total. The van der Waals surface area contributed by atoms with E-state index >= 15 is 0 Å². The van der Waals surface area contributed by atoms with Gasteiger partial charge in [0.1, 0.15) is 0 Å². The second kappa shape index (κ2) is 2.30. The van der Waals surface area contributed by atoms with Crippen molar-refractivity contribution in [2.24, 2.45) is 0 Å². The van der Waals surface area contributed by atoms with Crippen LogP contribution in [0.1, 0.15) is 11.1 Å². The molecule has 0 radical (unpaired) electrons. The summed E-state index contributed by atoms with van der Waals surface area (Å²) < 4.78 is 13.1. The maximum Gasteiger partial charge on any atom is 0.217 e. The highest BCUT2D eigenvalue weighted by molar-refractivity contribution is 5.83. The molecule has 12 heavy (non-hydrogen) atoms. The molecular weight excluding hydrogens is 155 g/mol. The molecule has 2 aromatic rings. The smallest absolute Gasteiger partial charge is 0.217 e. The van der Waals surface area contributed by atoms with Gasteiger partial charge in [-0.2, -0.15) is 9.49 Å². The first-order valence-electron chi connectivity index (χ1n) is 3.80. The van der Waals surface area contributed by atoms with Crippen molar-refractivity contribution < 1.29 is 4.39 Å². The fourth-order valence-electron chi connectivity index (χ4n) is 1.34. The molecule has 0 aliphatic carbocycles. The zero-order valence-electron chi connectivity index (χ0n) is 6.98. The van der Waals surface area contributed by atoms with Crippen molar-refractivity contribution in [3.05, 3.63) is 29.2 Å². The molecule has 0 bridgehead atoms. The SMILES string of the molecule is Cc1ccc2n[nH]c(F)c2c1C. The molecule has 2 rings (SSSR count). The van der Waals surface area contributed by atoms with Crippen molar-refractivity contribution in [3.63, 3.8) is 0 Å². The second-order valence-electron chi connectivity index (χ2n) is 2.94. The van der Waals surface area contributed by atoms with Crippen molar-refractivity contribution >= 4 is 10.9 Å². The summed E-state index contributed by atoms with van der Waals surface area (Å²) in [6, 6.07) is 3.76. The quantitative estimate of drug-likeness (QED) is 0.636. The van der Waals surface area contributed by atoms with Crippen LogP contribution in [0, 0.1) is 19.8 Å². The summed E-state index contributed by atoms with van der Waals surface area (Å²) in [6.07, 6.45) is 0. The van der Waals surface area contributed by atoms with Gasteiger partial charge in [-0.05, 0) is 31.0 Å². The Kier molecular flexibility index (Phi) is 1.40. The van der Waals surface area contributed by atoms with Gasteiger partial charge in [0.25, 0.3) is 0 Å². The van der Waals surface area contributed by atoms with Crippen LogP contribution >= 0.6 is 0 Å². The zero-order valence-corrected chi connectivity index (χ0v) is 6.98. The monoisotopic (exact) mass is 164 g/mol. The van der Waals surface area contributed by atoms with E-state index in [4.69, 9.17) is 0 Å². The molecule has 0 aliphatic rings. The minimum atomic E-state index is -0.341. The van der Waals surface area contributed by atoms with Crippen molar-refractivity contribution in [1.82, 2.24) is 10.2 Å². The van der Waals surface area contributed by atoms with E-state index in [-0.39, 0.29) is 5.95 Å². The van der Waals surface area contributed by atoms with Crippen molar-refractivity contribution in [2.75, 3.05) is 0 Å². The summed E-state index contributed by atoms with van der Waals surface area (Å²) in [5.74, 6) is -0.341. The fourth-order valence-corrected chi connectivity index (χ4v) is 1.34. The van der Waals surface area contributed by atoms with Gasteiger partial charge in [-0.3, -0.25) is 5.10 Å². The summed E-state index contributed by atoms with van der Waals surface area (Å²) in [6.45, 7) is 3.86. The Morgan fingerprint density at radius 3 is 2.83 bits per heavy atom. The summed E-state index contributed by atoms with van der Waals surface area (Å²) in [7, 11) is 0. The number of aryl methyl sites for hydroxylation is 2. The molecule has 0 atom stereocenters. The Bertz CT molecular complexity index is 431. The molecule has 0 saturated heterocycles. The molecule has 0 amide bonds. The first kappa shape index (κ1) is 7.28. The topological polar surface area (TPSA) is 28.7 Å². The van der Waals surface area contributed by atoms with E-state index in [1.807, 2.05) is 26.0 Å². The van der Waals surface area contributed by atoms with Crippen LogP contribution in [0.3, 0.4) is 0 Å². The van der Waals surface area contributed by atoms with Gasteiger partial charge in [-0.15, -0.1) is 0 Å². The molecule has 1 heterocycles.